The van der Waals surface area contributed by atoms with Crippen molar-refractivity contribution in [1.29, 1.82) is 0 Å². The van der Waals surface area contributed by atoms with Gasteiger partial charge in [0.2, 0.25) is 0 Å². The van der Waals surface area contributed by atoms with Crippen molar-refractivity contribution < 1.29 is 13.2 Å². The van der Waals surface area contributed by atoms with E-state index in [1.54, 1.807) is 24.3 Å². The number of hydrogen-bond donors (Lipinski definition) is 0. The van der Waals surface area contributed by atoms with Gasteiger partial charge in [-0.05, 0) is 61.7 Å². The maximum atomic E-state index is 13.0. The number of nitrogens with zero attached hydrogens (tertiary/aromatic N) is 1. The molecule has 2 saturated heterocycles. The van der Waals surface area contributed by atoms with E-state index in [-0.39, 0.29) is 23.2 Å². The van der Waals surface area contributed by atoms with Gasteiger partial charge in [0.15, 0.2) is 9.84 Å². The highest BCUT2D eigenvalue weighted by atomic mass is 32.2. The quantitative estimate of drug-likeness (QED) is 0.822. The van der Waals surface area contributed by atoms with E-state index in [9.17, 15) is 13.2 Å². The molecular weight excluding hydrogens is 354 g/mol. The molecule has 3 heterocycles. The van der Waals surface area contributed by atoms with Crippen LogP contribution in [0.2, 0.25) is 0 Å². The van der Waals surface area contributed by atoms with E-state index in [2.05, 4.69) is 0 Å². The molecule has 4 rings (SSSR count). The van der Waals surface area contributed by atoms with Gasteiger partial charge in [-0.15, -0.1) is 11.3 Å². The summed E-state index contributed by atoms with van der Waals surface area (Å²) >= 11 is 1.48. The maximum Gasteiger partial charge on any atom is 0.264 e. The number of fused-ring (bicyclic) bond motifs is 2. The summed E-state index contributed by atoms with van der Waals surface area (Å²) in [6, 6.07) is 10.7. The Morgan fingerprint density at radius 2 is 1.76 bits per heavy atom. The fraction of sp³-hybridized carbons (Fsp3) is 0.421. The third kappa shape index (κ3) is 2.91. The molecule has 1 aromatic heterocycles. The van der Waals surface area contributed by atoms with E-state index < -0.39 is 9.84 Å². The lowest BCUT2D eigenvalue weighted by Gasteiger charge is -2.38. The van der Waals surface area contributed by atoms with Crippen LogP contribution in [0.15, 0.2) is 46.7 Å². The molecule has 0 radical (unpaired) electrons. The van der Waals surface area contributed by atoms with Crippen molar-refractivity contribution in [3.63, 3.8) is 0 Å². The summed E-state index contributed by atoms with van der Waals surface area (Å²) in [5.41, 5.74) is 1.10. The Hall–Kier alpha value is -1.66. The molecule has 2 bridgehead atoms. The molecule has 2 aliphatic rings. The molecular formula is C19H21NO3S2. The van der Waals surface area contributed by atoms with Gasteiger partial charge in [-0.2, -0.15) is 0 Å². The van der Waals surface area contributed by atoms with E-state index in [0.29, 0.717) is 17.7 Å². The number of carbonyl (C=O) groups excluding carboxylic acids is 1. The number of piperidine rings is 1. The number of aryl methyl sites for hydroxylation is 1. The van der Waals surface area contributed by atoms with E-state index in [0.717, 1.165) is 23.3 Å². The van der Waals surface area contributed by atoms with E-state index in [1.807, 2.05) is 29.3 Å². The number of amides is 1. The van der Waals surface area contributed by atoms with Crippen LogP contribution in [-0.2, 0) is 9.84 Å². The molecule has 2 aromatic rings. The zero-order valence-electron chi connectivity index (χ0n) is 14.1. The van der Waals surface area contributed by atoms with Crippen LogP contribution in [0.4, 0.5) is 0 Å². The molecule has 0 N–H and O–H groups in total. The van der Waals surface area contributed by atoms with Crippen molar-refractivity contribution in [3.8, 4) is 0 Å². The highest BCUT2D eigenvalue weighted by molar-refractivity contribution is 7.92. The Bertz CT molecular complexity index is 874. The Balaban J connectivity index is 1.57. The Morgan fingerprint density at radius 1 is 1.12 bits per heavy atom. The zero-order chi connectivity index (χ0) is 17.6. The first-order valence-electron chi connectivity index (χ1n) is 8.63. The molecule has 1 aromatic carbocycles. The monoisotopic (exact) mass is 375 g/mol. The average Bonchev–Trinajstić information content (AvgIpc) is 3.15. The minimum Gasteiger partial charge on any atom is -0.332 e. The van der Waals surface area contributed by atoms with Crippen LogP contribution in [-0.4, -0.2) is 36.6 Å². The molecule has 0 aliphatic carbocycles. The van der Waals surface area contributed by atoms with Crippen LogP contribution in [0.25, 0.3) is 0 Å². The van der Waals surface area contributed by atoms with Crippen LogP contribution in [0, 0.1) is 6.92 Å². The fourth-order valence-electron chi connectivity index (χ4n) is 4.19. The molecule has 0 unspecified atom stereocenters. The first-order valence-corrected chi connectivity index (χ1v) is 11.1. The van der Waals surface area contributed by atoms with Crippen LogP contribution < -0.4 is 0 Å². The lowest BCUT2D eigenvalue weighted by Crippen LogP contribution is -2.49. The normalized spacial score (nSPS) is 26.0. The number of thiophene rings is 1. The highest BCUT2D eigenvalue weighted by Crippen LogP contribution is 2.41. The van der Waals surface area contributed by atoms with E-state index in [1.165, 1.54) is 11.3 Å². The molecule has 4 nitrogen and oxygen atoms in total. The van der Waals surface area contributed by atoms with Gasteiger partial charge in [-0.3, -0.25) is 4.79 Å². The van der Waals surface area contributed by atoms with Crippen molar-refractivity contribution in [2.75, 3.05) is 0 Å². The molecule has 6 heteroatoms. The Labute approximate surface area is 152 Å². The number of benzene rings is 1. The summed E-state index contributed by atoms with van der Waals surface area (Å²) in [6.07, 6.45) is 2.90. The second-order valence-electron chi connectivity index (χ2n) is 7.04. The lowest BCUT2D eigenvalue weighted by molar-refractivity contribution is 0.0603. The largest absolute Gasteiger partial charge is 0.332 e. The van der Waals surface area contributed by atoms with Crippen molar-refractivity contribution in [2.24, 2.45) is 0 Å². The van der Waals surface area contributed by atoms with Crippen LogP contribution in [0.1, 0.15) is 40.9 Å². The van der Waals surface area contributed by atoms with Gasteiger partial charge in [0, 0.05) is 12.1 Å². The summed E-state index contributed by atoms with van der Waals surface area (Å²) in [4.78, 5) is 16.0. The van der Waals surface area contributed by atoms with Gasteiger partial charge in [0.1, 0.15) is 0 Å². The minimum atomic E-state index is -3.33. The van der Waals surface area contributed by atoms with Gasteiger partial charge in [-0.25, -0.2) is 8.42 Å². The summed E-state index contributed by atoms with van der Waals surface area (Å²) in [5, 5.41) is 1.60. The first-order chi connectivity index (χ1) is 12.0. The molecule has 2 aliphatic heterocycles. The average molecular weight is 376 g/mol. The predicted octanol–water partition coefficient (Wildman–Crippen LogP) is 3.67. The van der Waals surface area contributed by atoms with Gasteiger partial charge in [0.05, 0.1) is 15.0 Å². The highest BCUT2D eigenvalue weighted by Gasteiger charge is 2.47. The fourth-order valence-corrected chi connectivity index (χ4v) is 6.90. The van der Waals surface area contributed by atoms with Crippen molar-refractivity contribution in [3.05, 3.63) is 52.2 Å². The number of rotatable bonds is 3. The summed E-state index contributed by atoms with van der Waals surface area (Å²) in [7, 11) is -3.33. The molecule has 2 fully saturated rings. The first kappa shape index (κ1) is 16.8. The van der Waals surface area contributed by atoms with E-state index >= 15 is 0 Å². The molecule has 0 spiro atoms. The lowest BCUT2D eigenvalue weighted by atomic mass is 10.0. The summed E-state index contributed by atoms with van der Waals surface area (Å²) in [6.45, 7) is 1.99. The van der Waals surface area contributed by atoms with Gasteiger partial charge in [-0.1, -0.05) is 18.2 Å². The standard InChI is InChI=1S/C19H21NO3S2/c1-13-9-18(24-12-13)19(21)20-14-7-8-15(20)11-17(10-14)25(22,23)16-5-3-2-4-6-16/h2-6,9,12,14-15,17H,7-8,10-11H2,1H3/t14-,15-/m0/s1. The van der Waals surface area contributed by atoms with Crippen molar-refractivity contribution in [1.82, 2.24) is 4.90 Å². The summed E-state index contributed by atoms with van der Waals surface area (Å²) in [5.74, 6) is 0.0705. The van der Waals surface area contributed by atoms with Crippen molar-refractivity contribution >= 4 is 27.1 Å². The Morgan fingerprint density at radius 3 is 2.32 bits per heavy atom. The second-order valence-corrected chi connectivity index (χ2v) is 10.2. The maximum absolute atomic E-state index is 13.0. The van der Waals surface area contributed by atoms with Crippen LogP contribution >= 0.6 is 11.3 Å². The number of hydrogen-bond acceptors (Lipinski definition) is 4. The van der Waals surface area contributed by atoms with E-state index in [4.69, 9.17) is 0 Å². The SMILES string of the molecule is Cc1csc(C(=O)N2[C@H]3CC[C@H]2CC(S(=O)(=O)c2ccccc2)C3)c1. The summed E-state index contributed by atoms with van der Waals surface area (Å²) < 4.78 is 25.9. The zero-order valence-corrected chi connectivity index (χ0v) is 15.7. The molecule has 25 heavy (non-hydrogen) atoms. The van der Waals surface area contributed by atoms with Crippen LogP contribution in [0.3, 0.4) is 0 Å². The third-order valence-corrected chi connectivity index (χ3v) is 8.60. The van der Waals surface area contributed by atoms with Crippen LogP contribution in [0.5, 0.6) is 0 Å². The number of carbonyl (C=O) groups is 1. The molecule has 2 atom stereocenters. The second kappa shape index (κ2) is 6.25. The molecule has 132 valence electrons. The topological polar surface area (TPSA) is 54.5 Å². The smallest absolute Gasteiger partial charge is 0.264 e. The molecule has 1 amide bonds. The van der Waals surface area contributed by atoms with Crippen molar-refractivity contribution in [2.45, 2.75) is 54.8 Å². The van der Waals surface area contributed by atoms with Gasteiger partial charge < -0.3 is 4.90 Å². The third-order valence-electron chi connectivity index (χ3n) is 5.38. The number of sulfone groups is 1. The van der Waals surface area contributed by atoms with Gasteiger partial charge >= 0.3 is 0 Å². The van der Waals surface area contributed by atoms with Gasteiger partial charge in [0.25, 0.3) is 5.91 Å². The minimum absolute atomic E-state index is 0.0390. The molecule has 0 saturated carbocycles. The Kier molecular flexibility index (Phi) is 4.20. The predicted molar refractivity (Wildman–Crippen MR) is 98.7 cm³/mol.